The Morgan fingerprint density at radius 2 is 1.59 bits per heavy atom. The fourth-order valence-electron chi connectivity index (χ4n) is 7.92. The lowest BCUT2D eigenvalue weighted by molar-refractivity contribution is -0.131. The van der Waals surface area contributed by atoms with Crippen LogP contribution in [0.5, 0.6) is 23.0 Å². The number of nitrogens with one attached hydrogen (secondary N) is 1. The Bertz CT molecular complexity index is 1450. The monoisotopic (exact) mass is 601 g/mol. The highest BCUT2D eigenvalue weighted by Crippen LogP contribution is 2.58. The van der Waals surface area contributed by atoms with Gasteiger partial charge in [-0.1, -0.05) is 49.4 Å². The Morgan fingerprint density at radius 3 is 2.09 bits per heavy atom. The standard InChI is InChI=1S/C35H43N3O6/c1-6-35(26-16-18-37-22-26)31(23-12-14-27(41-2)15-13-23)34(33(36)40,25-10-8-7-9-11-25)17-19-38(35)32(39)24-20-28(42-3)30(44-5)29(21-24)43-4/h7-15,20-21,26,31,37H,6,16-19,22H2,1-5H3,(H2,36,40). The number of primary amides is 1. The van der Waals surface area contributed by atoms with E-state index < -0.39 is 22.8 Å². The molecular weight excluding hydrogens is 558 g/mol. The number of benzene rings is 3. The Morgan fingerprint density at radius 1 is 0.932 bits per heavy atom. The highest BCUT2D eigenvalue weighted by atomic mass is 16.5. The Hall–Kier alpha value is -4.24. The number of hydrogen-bond donors (Lipinski definition) is 2. The number of nitrogens with zero attached hydrogens (tertiary/aromatic N) is 1. The highest BCUT2D eigenvalue weighted by molar-refractivity contribution is 5.97. The number of carbonyl (C=O) groups excluding carboxylic acids is 2. The van der Waals surface area contributed by atoms with Gasteiger partial charge in [0.1, 0.15) is 5.75 Å². The molecule has 0 saturated carbocycles. The number of nitrogens with two attached hydrogens (primary N) is 1. The van der Waals surface area contributed by atoms with Crippen LogP contribution in [0.25, 0.3) is 0 Å². The summed E-state index contributed by atoms with van der Waals surface area (Å²) in [7, 11) is 6.24. The summed E-state index contributed by atoms with van der Waals surface area (Å²) in [5.41, 5.74) is 6.87. The molecule has 2 amide bonds. The minimum Gasteiger partial charge on any atom is -0.497 e. The third kappa shape index (κ3) is 4.93. The highest BCUT2D eigenvalue weighted by Gasteiger charge is 2.64. The molecule has 0 radical (unpaired) electrons. The third-order valence-electron chi connectivity index (χ3n) is 9.89. The zero-order chi connectivity index (χ0) is 31.5. The summed E-state index contributed by atoms with van der Waals surface area (Å²) < 4.78 is 22.3. The van der Waals surface area contributed by atoms with Crippen LogP contribution < -0.4 is 30.0 Å². The molecule has 0 bridgehead atoms. The van der Waals surface area contributed by atoms with Crippen molar-refractivity contribution in [3.8, 4) is 23.0 Å². The van der Waals surface area contributed by atoms with Crippen molar-refractivity contribution >= 4 is 11.8 Å². The van der Waals surface area contributed by atoms with Gasteiger partial charge in [-0.05, 0) is 67.1 Å². The topological polar surface area (TPSA) is 112 Å². The van der Waals surface area contributed by atoms with E-state index >= 15 is 0 Å². The molecule has 0 aliphatic carbocycles. The number of methoxy groups -OCH3 is 4. The van der Waals surface area contributed by atoms with Crippen LogP contribution in [-0.4, -0.2) is 70.3 Å². The summed E-state index contributed by atoms with van der Waals surface area (Å²) in [6.07, 6.45) is 1.82. The molecule has 4 unspecified atom stereocenters. The molecule has 0 spiro atoms. The molecule has 2 aliphatic rings. The molecule has 3 aromatic rings. The van der Waals surface area contributed by atoms with Crippen molar-refractivity contribution in [2.75, 3.05) is 48.1 Å². The molecule has 9 nitrogen and oxygen atoms in total. The van der Waals surface area contributed by atoms with E-state index in [2.05, 4.69) is 12.2 Å². The minimum atomic E-state index is -1.07. The third-order valence-corrected chi connectivity index (χ3v) is 9.89. The van der Waals surface area contributed by atoms with E-state index in [0.29, 0.717) is 54.5 Å². The van der Waals surface area contributed by atoms with Crippen LogP contribution in [0.15, 0.2) is 66.7 Å². The van der Waals surface area contributed by atoms with Gasteiger partial charge in [0.15, 0.2) is 11.5 Å². The molecule has 234 valence electrons. The summed E-state index contributed by atoms with van der Waals surface area (Å²) in [6.45, 7) is 3.99. The van der Waals surface area contributed by atoms with E-state index in [0.717, 1.165) is 24.1 Å². The average molecular weight is 602 g/mol. The van der Waals surface area contributed by atoms with Gasteiger partial charge in [-0.25, -0.2) is 0 Å². The predicted octanol–water partition coefficient (Wildman–Crippen LogP) is 4.53. The van der Waals surface area contributed by atoms with E-state index in [1.54, 1.807) is 19.2 Å². The van der Waals surface area contributed by atoms with E-state index in [1.165, 1.54) is 21.3 Å². The van der Waals surface area contributed by atoms with Crippen molar-refractivity contribution in [2.45, 2.75) is 43.1 Å². The first-order chi connectivity index (χ1) is 21.3. The molecule has 5 rings (SSSR count). The average Bonchev–Trinajstić information content (AvgIpc) is 3.62. The van der Waals surface area contributed by atoms with Crippen LogP contribution in [0, 0.1) is 5.92 Å². The second kappa shape index (κ2) is 12.8. The lowest BCUT2D eigenvalue weighted by atomic mass is 9.51. The van der Waals surface area contributed by atoms with Crippen molar-refractivity contribution in [3.63, 3.8) is 0 Å². The molecule has 2 aliphatic heterocycles. The van der Waals surface area contributed by atoms with Crippen LogP contribution in [-0.2, 0) is 10.2 Å². The molecule has 3 N–H and O–H groups in total. The number of piperidine rings is 1. The molecule has 4 atom stereocenters. The maximum absolute atomic E-state index is 14.9. The van der Waals surface area contributed by atoms with Gasteiger partial charge in [-0.15, -0.1) is 0 Å². The molecule has 0 aromatic heterocycles. The van der Waals surface area contributed by atoms with Crippen LogP contribution in [0.3, 0.4) is 0 Å². The quantitative estimate of drug-likeness (QED) is 0.351. The molecule has 2 saturated heterocycles. The number of hydrogen-bond acceptors (Lipinski definition) is 7. The molecule has 2 fully saturated rings. The first-order valence-corrected chi connectivity index (χ1v) is 15.1. The van der Waals surface area contributed by atoms with Crippen LogP contribution in [0.4, 0.5) is 0 Å². The summed E-state index contributed by atoms with van der Waals surface area (Å²) in [5.74, 6) is 0.974. The largest absolute Gasteiger partial charge is 0.497 e. The summed E-state index contributed by atoms with van der Waals surface area (Å²) >= 11 is 0. The Kier molecular flexibility index (Phi) is 9.06. The number of amides is 2. The van der Waals surface area contributed by atoms with Gasteiger partial charge in [-0.3, -0.25) is 9.59 Å². The summed E-state index contributed by atoms with van der Waals surface area (Å²) in [4.78, 5) is 30.9. The molecule has 2 heterocycles. The van der Waals surface area contributed by atoms with Crippen molar-refractivity contribution in [2.24, 2.45) is 11.7 Å². The molecule has 9 heteroatoms. The van der Waals surface area contributed by atoms with Crippen LogP contribution >= 0.6 is 0 Å². The van der Waals surface area contributed by atoms with Gasteiger partial charge in [0.25, 0.3) is 5.91 Å². The smallest absolute Gasteiger partial charge is 0.254 e. The van der Waals surface area contributed by atoms with Gasteiger partial charge >= 0.3 is 0 Å². The van der Waals surface area contributed by atoms with E-state index in [-0.39, 0.29) is 11.8 Å². The van der Waals surface area contributed by atoms with Crippen molar-refractivity contribution < 1.29 is 28.5 Å². The van der Waals surface area contributed by atoms with E-state index in [1.807, 2.05) is 59.5 Å². The van der Waals surface area contributed by atoms with Gasteiger partial charge in [0, 0.05) is 24.6 Å². The minimum absolute atomic E-state index is 0.0494. The fourth-order valence-corrected chi connectivity index (χ4v) is 7.92. The van der Waals surface area contributed by atoms with Gasteiger partial charge in [0.05, 0.1) is 39.4 Å². The fraction of sp³-hybridized carbons (Fsp3) is 0.429. The number of ether oxygens (including phenoxy) is 4. The Labute approximate surface area is 259 Å². The Balaban J connectivity index is 1.79. The molecular formula is C35H43N3O6. The van der Waals surface area contributed by atoms with Gasteiger partial charge < -0.3 is 34.9 Å². The lowest BCUT2D eigenvalue weighted by Gasteiger charge is -2.61. The SMILES string of the molecule is CCC1(C2CCNC2)C(c2ccc(OC)cc2)C(C(N)=O)(c2ccccc2)CCN1C(=O)c1cc(OC)c(OC)c(OC)c1. The first kappa shape index (κ1) is 31.2. The van der Waals surface area contributed by atoms with Gasteiger partial charge in [0.2, 0.25) is 11.7 Å². The second-order valence-corrected chi connectivity index (χ2v) is 11.6. The van der Waals surface area contributed by atoms with E-state index in [9.17, 15) is 9.59 Å². The first-order valence-electron chi connectivity index (χ1n) is 15.1. The second-order valence-electron chi connectivity index (χ2n) is 11.6. The predicted molar refractivity (Wildman–Crippen MR) is 169 cm³/mol. The summed E-state index contributed by atoms with van der Waals surface area (Å²) in [5, 5.41) is 3.54. The maximum Gasteiger partial charge on any atom is 0.254 e. The zero-order valence-electron chi connectivity index (χ0n) is 26.2. The molecule has 44 heavy (non-hydrogen) atoms. The lowest BCUT2D eigenvalue weighted by Crippen LogP contribution is -2.70. The number of carbonyl (C=O) groups is 2. The van der Waals surface area contributed by atoms with Crippen molar-refractivity contribution in [3.05, 3.63) is 83.4 Å². The normalized spacial score (nSPS) is 24.9. The van der Waals surface area contributed by atoms with Crippen molar-refractivity contribution in [1.29, 1.82) is 0 Å². The van der Waals surface area contributed by atoms with E-state index in [4.69, 9.17) is 24.7 Å². The number of likely N-dealkylation sites (tertiary alicyclic amines) is 1. The maximum atomic E-state index is 14.9. The van der Waals surface area contributed by atoms with Crippen LogP contribution in [0.2, 0.25) is 0 Å². The van der Waals surface area contributed by atoms with Crippen LogP contribution in [0.1, 0.15) is 53.6 Å². The molecule has 3 aromatic carbocycles. The van der Waals surface area contributed by atoms with Crippen molar-refractivity contribution in [1.82, 2.24) is 10.2 Å². The number of rotatable bonds is 10. The summed E-state index contributed by atoms with van der Waals surface area (Å²) in [6, 6.07) is 21.1. The zero-order valence-corrected chi connectivity index (χ0v) is 26.2. The van der Waals surface area contributed by atoms with Gasteiger partial charge in [-0.2, -0.15) is 0 Å².